The van der Waals surface area contributed by atoms with Gasteiger partial charge in [0.15, 0.2) is 0 Å². The fourth-order valence-electron chi connectivity index (χ4n) is 1.79. The minimum atomic E-state index is 0.512. The maximum absolute atomic E-state index is 8.32. The summed E-state index contributed by atoms with van der Waals surface area (Å²) in [5, 5.41) is 8.32. The van der Waals surface area contributed by atoms with E-state index in [2.05, 4.69) is 25.1 Å². The van der Waals surface area contributed by atoms with E-state index >= 15 is 0 Å². The smallest absolute Gasteiger partial charge is 0.0645 e. The van der Waals surface area contributed by atoms with Crippen LogP contribution in [0.1, 0.15) is 71.1 Å². The second-order valence-corrected chi connectivity index (χ2v) is 4.69. The summed E-state index contributed by atoms with van der Waals surface area (Å²) in [6, 6.07) is 2.07. The molecule has 18 heavy (non-hydrogen) atoms. The number of unbranched alkanes of at least 4 members (excludes halogenated alkanes) is 7. The molecule has 0 saturated carbocycles. The van der Waals surface area contributed by atoms with Crippen LogP contribution in [0.3, 0.4) is 0 Å². The minimum Gasteiger partial charge on any atom is -0.380 e. The van der Waals surface area contributed by atoms with Gasteiger partial charge in [-0.1, -0.05) is 44.8 Å². The highest BCUT2D eigenvalue weighted by atomic mass is 16.5. The molecule has 0 aliphatic carbocycles. The predicted molar refractivity (Wildman–Crippen MR) is 77.4 cm³/mol. The fourth-order valence-corrected chi connectivity index (χ4v) is 1.79. The number of allylic oxidation sites excluding steroid dienone is 2. The first kappa shape index (κ1) is 17.2. The third-order valence-corrected chi connectivity index (χ3v) is 2.91. The SMILES string of the molecule is CCCCCCC/C=C/CCCCOCCC#N. The highest BCUT2D eigenvalue weighted by molar-refractivity contribution is 4.81. The summed E-state index contributed by atoms with van der Waals surface area (Å²) in [4.78, 5) is 0. The van der Waals surface area contributed by atoms with Crippen molar-refractivity contribution in [1.29, 1.82) is 5.26 Å². The average Bonchev–Trinajstić information content (AvgIpc) is 2.39. The van der Waals surface area contributed by atoms with Crippen molar-refractivity contribution in [2.45, 2.75) is 71.1 Å². The van der Waals surface area contributed by atoms with Gasteiger partial charge in [0.1, 0.15) is 0 Å². The Bertz CT molecular complexity index is 218. The van der Waals surface area contributed by atoms with E-state index in [1.165, 1.54) is 44.9 Å². The Labute approximate surface area is 113 Å². The lowest BCUT2D eigenvalue weighted by atomic mass is 10.1. The van der Waals surface area contributed by atoms with Gasteiger partial charge in [0.05, 0.1) is 19.1 Å². The molecule has 0 aliphatic rings. The average molecular weight is 251 g/mol. The molecule has 0 radical (unpaired) electrons. The van der Waals surface area contributed by atoms with Crippen LogP contribution in [0.15, 0.2) is 12.2 Å². The lowest BCUT2D eigenvalue weighted by Crippen LogP contribution is -1.95. The molecule has 0 aliphatic heterocycles. The zero-order valence-electron chi connectivity index (χ0n) is 12.0. The summed E-state index contributed by atoms with van der Waals surface area (Å²) in [6.45, 7) is 3.64. The van der Waals surface area contributed by atoms with Crippen LogP contribution in [0, 0.1) is 11.3 Å². The summed E-state index contributed by atoms with van der Waals surface area (Å²) >= 11 is 0. The molecule has 0 unspecified atom stereocenters. The Kier molecular flexibility index (Phi) is 15.5. The second kappa shape index (κ2) is 16.2. The monoisotopic (exact) mass is 251 g/mol. The zero-order chi connectivity index (χ0) is 13.3. The van der Waals surface area contributed by atoms with Crippen molar-refractivity contribution < 1.29 is 4.74 Å². The predicted octanol–water partition coefficient (Wildman–Crippen LogP) is 5.00. The molecule has 0 N–H and O–H groups in total. The maximum Gasteiger partial charge on any atom is 0.0645 e. The quantitative estimate of drug-likeness (QED) is 0.341. The molecule has 0 aromatic rings. The molecule has 0 heterocycles. The Hall–Kier alpha value is -0.810. The van der Waals surface area contributed by atoms with Crippen LogP contribution in [0.2, 0.25) is 0 Å². The van der Waals surface area contributed by atoms with Crippen molar-refractivity contribution in [3.05, 3.63) is 12.2 Å². The normalized spacial score (nSPS) is 10.9. The van der Waals surface area contributed by atoms with Crippen LogP contribution in [0.5, 0.6) is 0 Å². The van der Waals surface area contributed by atoms with E-state index in [9.17, 15) is 0 Å². The maximum atomic E-state index is 8.32. The van der Waals surface area contributed by atoms with Crippen molar-refractivity contribution in [1.82, 2.24) is 0 Å². The van der Waals surface area contributed by atoms with Crippen molar-refractivity contribution in [2.24, 2.45) is 0 Å². The van der Waals surface area contributed by atoms with Crippen molar-refractivity contribution in [2.75, 3.05) is 13.2 Å². The van der Waals surface area contributed by atoms with Gasteiger partial charge >= 0.3 is 0 Å². The molecule has 0 spiro atoms. The molecule has 0 rings (SSSR count). The van der Waals surface area contributed by atoms with E-state index in [4.69, 9.17) is 10.00 Å². The van der Waals surface area contributed by atoms with Crippen molar-refractivity contribution in [3.63, 3.8) is 0 Å². The molecule has 0 aromatic carbocycles. The number of hydrogen-bond acceptors (Lipinski definition) is 2. The van der Waals surface area contributed by atoms with E-state index in [0.29, 0.717) is 13.0 Å². The van der Waals surface area contributed by atoms with Gasteiger partial charge in [-0.3, -0.25) is 0 Å². The summed E-state index contributed by atoms with van der Waals surface area (Å²) in [6.07, 6.45) is 16.7. The van der Waals surface area contributed by atoms with Crippen molar-refractivity contribution in [3.8, 4) is 6.07 Å². The van der Waals surface area contributed by atoms with Crippen LogP contribution < -0.4 is 0 Å². The van der Waals surface area contributed by atoms with E-state index in [1.54, 1.807) is 0 Å². The molecular formula is C16H29NO. The number of hydrogen-bond donors (Lipinski definition) is 0. The van der Waals surface area contributed by atoms with Gasteiger partial charge in [-0.25, -0.2) is 0 Å². The van der Waals surface area contributed by atoms with Gasteiger partial charge in [0.2, 0.25) is 0 Å². The highest BCUT2D eigenvalue weighted by Crippen LogP contribution is 2.06. The van der Waals surface area contributed by atoms with Crippen LogP contribution in [-0.2, 0) is 4.74 Å². The molecule has 2 nitrogen and oxygen atoms in total. The molecule has 0 saturated heterocycles. The van der Waals surface area contributed by atoms with Gasteiger partial charge in [-0.2, -0.15) is 5.26 Å². The Morgan fingerprint density at radius 1 is 0.889 bits per heavy atom. The van der Waals surface area contributed by atoms with E-state index in [-0.39, 0.29) is 0 Å². The molecule has 0 bridgehead atoms. The Morgan fingerprint density at radius 3 is 2.22 bits per heavy atom. The minimum absolute atomic E-state index is 0.512. The van der Waals surface area contributed by atoms with E-state index in [0.717, 1.165) is 19.4 Å². The first-order valence-corrected chi connectivity index (χ1v) is 7.51. The summed E-state index contributed by atoms with van der Waals surface area (Å²) in [5.41, 5.74) is 0. The first-order chi connectivity index (χ1) is 8.91. The zero-order valence-corrected chi connectivity index (χ0v) is 12.0. The third kappa shape index (κ3) is 15.2. The van der Waals surface area contributed by atoms with Crippen LogP contribution in [0.4, 0.5) is 0 Å². The van der Waals surface area contributed by atoms with Crippen LogP contribution in [-0.4, -0.2) is 13.2 Å². The molecule has 2 heteroatoms. The number of ether oxygens (including phenoxy) is 1. The summed E-state index contributed by atoms with van der Waals surface area (Å²) in [5.74, 6) is 0. The Balaban J connectivity index is 3.02. The Morgan fingerprint density at radius 2 is 1.56 bits per heavy atom. The molecule has 0 amide bonds. The lowest BCUT2D eigenvalue weighted by Gasteiger charge is -1.99. The third-order valence-electron chi connectivity index (χ3n) is 2.91. The topological polar surface area (TPSA) is 33.0 Å². The van der Waals surface area contributed by atoms with Gasteiger partial charge in [0.25, 0.3) is 0 Å². The lowest BCUT2D eigenvalue weighted by molar-refractivity contribution is 0.136. The van der Waals surface area contributed by atoms with E-state index in [1.807, 2.05) is 0 Å². The van der Waals surface area contributed by atoms with Crippen molar-refractivity contribution >= 4 is 0 Å². The summed E-state index contributed by atoms with van der Waals surface area (Å²) < 4.78 is 5.31. The second-order valence-electron chi connectivity index (χ2n) is 4.69. The van der Waals surface area contributed by atoms with Crippen LogP contribution >= 0.6 is 0 Å². The number of rotatable bonds is 13. The van der Waals surface area contributed by atoms with Crippen LogP contribution in [0.25, 0.3) is 0 Å². The first-order valence-electron chi connectivity index (χ1n) is 7.51. The molecule has 104 valence electrons. The molecular weight excluding hydrogens is 222 g/mol. The standard InChI is InChI=1S/C16H29NO/c1-2-3-4-5-6-7-8-9-10-11-12-15-18-16-13-14-17/h8-9H,2-7,10-13,15-16H2,1H3/b9-8+. The number of nitriles is 1. The van der Waals surface area contributed by atoms with E-state index < -0.39 is 0 Å². The van der Waals surface area contributed by atoms with Gasteiger partial charge < -0.3 is 4.74 Å². The summed E-state index contributed by atoms with van der Waals surface area (Å²) in [7, 11) is 0. The molecule has 0 aromatic heterocycles. The van der Waals surface area contributed by atoms with Gasteiger partial charge in [-0.05, 0) is 32.1 Å². The molecule has 0 fully saturated rings. The fraction of sp³-hybridized carbons (Fsp3) is 0.812. The largest absolute Gasteiger partial charge is 0.380 e. The molecule has 0 atom stereocenters. The van der Waals surface area contributed by atoms with Gasteiger partial charge in [0, 0.05) is 6.61 Å². The van der Waals surface area contributed by atoms with Gasteiger partial charge in [-0.15, -0.1) is 0 Å². The number of nitrogens with zero attached hydrogens (tertiary/aromatic N) is 1. The highest BCUT2D eigenvalue weighted by Gasteiger charge is 1.89.